The van der Waals surface area contributed by atoms with Gasteiger partial charge >= 0.3 is 0 Å². The van der Waals surface area contributed by atoms with Crippen molar-refractivity contribution in [1.82, 2.24) is 0 Å². The highest BCUT2D eigenvalue weighted by Crippen LogP contribution is 2.23. The predicted molar refractivity (Wildman–Crippen MR) is 70.6 cm³/mol. The van der Waals surface area contributed by atoms with Gasteiger partial charge in [-0.25, -0.2) is 0 Å². The van der Waals surface area contributed by atoms with E-state index < -0.39 is 0 Å². The molecular weight excluding hydrogens is 240 g/mol. The van der Waals surface area contributed by atoms with Gasteiger partial charge in [-0.1, -0.05) is 17.7 Å². The van der Waals surface area contributed by atoms with Crippen molar-refractivity contribution in [3.05, 3.63) is 34.3 Å². The van der Waals surface area contributed by atoms with Crippen molar-refractivity contribution in [2.45, 2.75) is 25.1 Å². The second kappa shape index (κ2) is 5.58. The minimum atomic E-state index is -0.163. The topological polar surface area (TPSA) is 49.8 Å². The van der Waals surface area contributed by atoms with Gasteiger partial charge < -0.3 is 5.73 Å². The summed E-state index contributed by atoms with van der Waals surface area (Å²) in [5.74, 6) is 1.70. The number of nitrogens with zero attached hydrogens (tertiary/aromatic N) is 1. The van der Waals surface area contributed by atoms with E-state index >= 15 is 0 Å². The first kappa shape index (κ1) is 13.4. The van der Waals surface area contributed by atoms with Crippen molar-refractivity contribution in [3.8, 4) is 6.07 Å². The van der Waals surface area contributed by atoms with E-state index in [-0.39, 0.29) is 5.54 Å². The number of hydrogen-bond acceptors (Lipinski definition) is 3. The second-order valence-corrected chi connectivity index (χ2v) is 5.79. The molecule has 0 aliphatic heterocycles. The summed E-state index contributed by atoms with van der Waals surface area (Å²) < 4.78 is 0. The Morgan fingerprint density at radius 3 is 2.69 bits per heavy atom. The lowest BCUT2D eigenvalue weighted by atomic mass is 10.1. The van der Waals surface area contributed by atoms with Crippen LogP contribution < -0.4 is 5.73 Å². The van der Waals surface area contributed by atoms with Gasteiger partial charge in [0.25, 0.3) is 0 Å². The Kier molecular flexibility index (Phi) is 4.67. The first-order valence-electron chi connectivity index (χ1n) is 4.97. The molecule has 0 bridgehead atoms. The van der Waals surface area contributed by atoms with E-state index in [4.69, 9.17) is 22.6 Å². The molecule has 0 radical (unpaired) electrons. The van der Waals surface area contributed by atoms with Gasteiger partial charge in [0, 0.05) is 22.1 Å². The van der Waals surface area contributed by atoms with Crippen LogP contribution in [-0.4, -0.2) is 11.3 Å². The van der Waals surface area contributed by atoms with Crippen molar-refractivity contribution in [1.29, 1.82) is 5.26 Å². The van der Waals surface area contributed by atoms with Gasteiger partial charge in [0.15, 0.2) is 0 Å². The molecule has 1 aromatic rings. The molecule has 16 heavy (non-hydrogen) atoms. The van der Waals surface area contributed by atoms with Gasteiger partial charge in [-0.2, -0.15) is 17.0 Å². The molecule has 1 aromatic carbocycles. The summed E-state index contributed by atoms with van der Waals surface area (Å²) in [7, 11) is 0. The molecule has 4 heteroatoms. The third-order valence-corrected chi connectivity index (χ3v) is 3.73. The number of hydrogen-bond donors (Lipinski definition) is 1. The minimum Gasteiger partial charge on any atom is -0.325 e. The van der Waals surface area contributed by atoms with E-state index in [1.807, 2.05) is 19.9 Å². The number of nitrogens with two attached hydrogens (primary N) is 1. The van der Waals surface area contributed by atoms with Gasteiger partial charge in [0.1, 0.15) is 0 Å². The zero-order chi connectivity index (χ0) is 12.2. The second-order valence-electron chi connectivity index (χ2n) is 4.40. The van der Waals surface area contributed by atoms with Crippen molar-refractivity contribution in [2.24, 2.45) is 5.73 Å². The molecule has 0 aliphatic rings. The van der Waals surface area contributed by atoms with Gasteiger partial charge in [-0.15, -0.1) is 0 Å². The summed E-state index contributed by atoms with van der Waals surface area (Å²) in [5, 5.41) is 9.36. The lowest BCUT2D eigenvalue weighted by Gasteiger charge is -2.17. The normalized spacial score (nSPS) is 11.2. The largest absolute Gasteiger partial charge is 0.325 e. The molecule has 0 atom stereocenters. The summed E-state index contributed by atoms with van der Waals surface area (Å²) in [6, 6.07) is 7.45. The standard InChI is InChI=1S/C12H15ClN2S/c1-12(2,15)8-16-7-10-4-3-9(6-14)5-11(10)13/h3-5H,7-8,15H2,1-2H3. The van der Waals surface area contributed by atoms with Crippen LogP contribution in [0.4, 0.5) is 0 Å². The molecule has 0 saturated heterocycles. The van der Waals surface area contributed by atoms with Crippen LogP contribution in [0.2, 0.25) is 5.02 Å². The maximum Gasteiger partial charge on any atom is 0.0992 e. The maximum atomic E-state index is 8.71. The molecule has 0 unspecified atom stereocenters. The smallest absolute Gasteiger partial charge is 0.0992 e. The first-order valence-corrected chi connectivity index (χ1v) is 6.51. The van der Waals surface area contributed by atoms with Crippen LogP contribution in [0.5, 0.6) is 0 Å². The van der Waals surface area contributed by atoms with Crippen LogP contribution in [0.15, 0.2) is 18.2 Å². The van der Waals surface area contributed by atoms with Crippen LogP contribution in [-0.2, 0) is 5.75 Å². The maximum absolute atomic E-state index is 8.71. The van der Waals surface area contributed by atoms with Crippen LogP contribution in [0.1, 0.15) is 25.0 Å². The molecular formula is C12H15ClN2S. The van der Waals surface area contributed by atoms with Gasteiger partial charge in [0.05, 0.1) is 11.6 Å². The van der Waals surface area contributed by atoms with E-state index in [1.54, 1.807) is 23.9 Å². The lowest BCUT2D eigenvalue weighted by Crippen LogP contribution is -2.34. The SMILES string of the molecule is CC(C)(N)CSCc1ccc(C#N)cc1Cl. The van der Waals surface area contributed by atoms with Crippen LogP contribution >= 0.6 is 23.4 Å². The van der Waals surface area contributed by atoms with Crippen molar-refractivity contribution >= 4 is 23.4 Å². The summed E-state index contributed by atoms with van der Waals surface area (Å²) in [6.45, 7) is 4.00. The number of benzene rings is 1. The third kappa shape index (κ3) is 4.44. The van der Waals surface area contributed by atoms with Gasteiger partial charge in [-0.05, 0) is 31.5 Å². The third-order valence-electron chi connectivity index (χ3n) is 1.91. The molecule has 2 nitrogen and oxygen atoms in total. The molecule has 86 valence electrons. The highest BCUT2D eigenvalue weighted by molar-refractivity contribution is 7.98. The number of nitriles is 1. The Morgan fingerprint density at radius 1 is 1.50 bits per heavy atom. The summed E-state index contributed by atoms with van der Waals surface area (Å²) in [4.78, 5) is 0. The fourth-order valence-electron chi connectivity index (χ4n) is 1.16. The fourth-order valence-corrected chi connectivity index (χ4v) is 2.58. The Hall–Kier alpha value is -0.690. The fraction of sp³-hybridized carbons (Fsp3) is 0.417. The Bertz CT molecular complexity index is 404. The molecule has 0 heterocycles. The van der Waals surface area contributed by atoms with E-state index in [0.29, 0.717) is 10.6 Å². The molecule has 0 spiro atoms. The molecule has 0 saturated carbocycles. The van der Waals surface area contributed by atoms with Crippen molar-refractivity contribution < 1.29 is 0 Å². The highest BCUT2D eigenvalue weighted by Gasteiger charge is 2.11. The van der Waals surface area contributed by atoms with E-state index in [2.05, 4.69) is 6.07 Å². The average molecular weight is 255 g/mol. The summed E-state index contributed by atoms with van der Waals surface area (Å²) in [5.41, 5.74) is 7.37. The molecule has 0 aliphatic carbocycles. The van der Waals surface area contributed by atoms with Gasteiger partial charge in [0.2, 0.25) is 0 Å². The van der Waals surface area contributed by atoms with E-state index in [0.717, 1.165) is 17.1 Å². The monoisotopic (exact) mass is 254 g/mol. The number of rotatable bonds is 4. The van der Waals surface area contributed by atoms with Crippen LogP contribution in [0.25, 0.3) is 0 Å². The van der Waals surface area contributed by atoms with Crippen LogP contribution in [0, 0.1) is 11.3 Å². The molecule has 0 amide bonds. The molecule has 2 N–H and O–H groups in total. The number of thioether (sulfide) groups is 1. The zero-order valence-corrected chi connectivity index (χ0v) is 11.0. The Labute approximate surface area is 106 Å². The average Bonchev–Trinajstić information content (AvgIpc) is 2.18. The minimum absolute atomic E-state index is 0.163. The first-order chi connectivity index (χ1) is 7.42. The van der Waals surface area contributed by atoms with E-state index in [9.17, 15) is 0 Å². The highest BCUT2D eigenvalue weighted by atomic mass is 35.5. The Morgan fingerprint density at radius 2 is 2.19 bits per heavy atom. The summed E-state index contributed by atoms with van der Waals surface area (Å²) in [6.07, 6.45) is 0. The molecule has 0 aromatic heterocycles. The Balaban J connectivity index is 2.59. The summed E-state index contributed by atoms with van der Waals surface area (Å²) >= 11 is 7.81. The van der Waals surface area contributed by atoms with Crippen molar-refractivity contribution in [3.63, 3.8) is 0 Å². The van der Waals surface area contributed by atoms with Crippen molar-refractivity contribution in [2.75, 3.05) is 5.75 Å². The zero-order valence-electron chi connectivity index (χ0n) is 9.46. The molecule has 1 rings (SSSR count). The molecule has 0 fully saturated rings. The lowest BCUT2D eigenvalue weighted by molar-refractivity contribution is 0.591. The van der Waals surface area contributed by atoms with Crippen LogP contribution in [0.3, 0.4) is 0 Å². The predicted octanol–water partition coefficient (Wildman–Crippen LogP) is 3.18. The number of halogens is 1. The quantitative estimate of drug-likeness (QED) is 0.898. The van der Waals surface area contributed by atoms with Gasteiger partial charge in [-0.3, -0.25) is 0 Å². The van der Waals surface area contributed by atoms with E-state index in [1.165, 1.54) is 0 Å².